The fourth-order valence-electron chi connectivity index (χ4n) is 3.63. The van der Waals surface area contributed by atoms with Crippen molar-refractivity contribution in [1.82, 2.24) is 9.47 Å². The third-order valence-electron chi connectivity index (χ3n) is 5.40. The monoisotopic (exact) mass is 400 g/mol. The smallest absolute Gasteiger partial charge is 0.239 e. The van der Waals surface area contributed by atoms with Crippen LogP contribution in [0.3, 0.4) is 0 Å². The number of rotatable bonds is 7. The maximum atomic E-state index is 12.7. The van der Waals surface area contributed by atoms with E-state index in [0.717, 1.165) is 37.3 Å². The molecule has 0 bridgehead atoms. The Labute approximate surface area is 170 Å². The van der Waals surface area contributed by atoms with E-state index < -0.39 is 0 Å². The number of likely N-dealkylation sites (N-methyl/N-ethyl adjacent to an activating group) is 1. The Morgan fingerprint density at radius 2 is 2.25 bits per heavy atom. The molecule has 6 nitrogen and oxygen atoms in total. The fourth-order valence-corrected chi connectivity index (χ4v) is 4.62. The standard InChI is InChI=1S/C21H28N4O2S/c1-14-7-9-28-19(14)12-24(4)13-20(26)23-21-18(10-22)15(2)16(3)25(21)11-17-6-5-8-27-17/h7,9,17H,5-6,8,11-13H2,1-4H3,(H,23,26)/t17-/m1/s1. The zero-order valence-corrected chi connectivity index (χ0v) is 17.9. The van der Waals surface area contributed by atoms with E-state index >= 15 is 0 Å². The lowest BCUT2D eigenvalue weighted by Crippen LogP contribution is -2.31. The van der Waals surface area contributed by atoms with E-state index in [4.69, 9.17) is 4.74 Å². The van der Waals surface area contributed by atoms with Gasteiger partial charge in [-0.2, -0.15) is 5.26 Å². The van der Waals surface area contributed by atoms with E-state index in [1.807, 2.05) is 30.4 Å². The molecule has 0 aromatic carbocycles. The average Bonchev–Trinajstić information content (AvgIpc) is 3.34. The molecule has 3 heterocycles. The number of aromatic nitrogens is 1. The molecular weight excluding hydrogens is 372 g/mol. The average molecular weight is 401 g/mol. The van der Waals surface area contributed by atoms with Gasteiger partial charge in [-0.3, -0.25) is 9.69 Å². The van der Waals surface area contributed by atoms with E-state index in [2.05, 4.69) is 29.8 Å². The quantitative estimate of drug-likeness (QED) is 0.771. The van der Waals surface area contributed by atoms with Crippen molar-refractivity contribution in [3.63, 3.8) is 0 Å². The first-order chi connectivity index (χ1) is 13.4. The van der Waals surface area contributed by atoms with Gasteiger partial charge in [0, 0.05) is 23.7 Å². The summed E-state index contributed by atoms with van der Waals surface area (Å²) in [6.07, 6.45) is 2.20. The minimum Gasteiger partial charge on any atom is -0.376 e. The van der Waals surface area contributed by atoms with Gasteiger partial charge in [-0.25, -0.2) is 0 Å². The van der Waals surface area contributed by atoms with Crippen LogP contribution in [-0.4, -0.2) is 41.7 Å². The summed E-state index contributed by atoms with van der Waals surface area (Å²) in [6.45, 7) is 8.45. The summed E-state index contributed by atoms with van der Waals surface area (Å²) in [5.41, 5.74) is 3.71. The lowest BCUT2D eigenvalue weighted by Gasteiger charge is -2.19. The molecule has 1 amide bonds. The van der Waals surface area contributed by atoms with E-state index in [-0.39, 0.29) is 18.6 Å². The van der Waals surface area contributed by atoms with Crippen LogP contribution in [0.4, 0.5) is 5.82 Å². The predicted molar refractivity (Wildman–Crippen MR) is 112 cm³/mol. The van der Waals surface area contributed by atoms with Crippen molar-refractivity contribution in [1.29, 1.82) is 5.26 Å². The minimum atomic E-state index is -0.112. The highest BCUT2D eigenvalue weighted by molar-refractivity contribution is 7.10. The number of anilines is 1. The first-order valence-electron chi connectivity index (χ1n) is 9.63. The van der Waals surface area contributed by atoms with Gasteiger partial charge in [-0.05, 0) is 63.2 Å². The highest BCUT2D eigenvalue weighted by atomic mass is 32.1. The highest BCUT2D eigenvalue weighted by Crippen LogP contribution is 2.28. The van der Waals surface area contributed by atoms with Gasteiger partial charge in [0.05, 0.1) is 24.8 Å². The molecule has 3 rings (SSSR count). The molecule has 7 heteroatoms. The van der Waals surface area contributed by atoms with Gasteiger partial charge >= 0.3 is 0 Å². The van der Waals surface area contributed by atoms with E-state index in [9.17, 15) is 10.1 Å². The Morgan fingerprint density at radius 3 is 2.86 bits per heavy atom. The number of hydrogen-bond acceptors (Lipinski definition) is 5. The Balaban J connectivity index is 1.72. The van der Waals surface area contributed by atoms with Crippen LogP contribution in [-0.2, 0) is 22.6 Å². The molecule has 28 heavy (non-hydrogen) atoms. The third-order valence-corrected chi connectivity index (χ3v) is 6.41. The van der Waals surface area contributed by atoms with Crippen molar-refractivity contribution in [3.8, 4) is 6.07 Å². The normalized spacial score (nSPS) is 16.5. The highest BCUT2D eigenvalue weighted by Gasteiger charge is 2.24. The van der Waals surface area contributed by atoms with Crippen LogP contribution in [0.15, 0.2) is 11.4 Å². The maximum Gasteiger partial charge on any atom is 0.239 e. The molecule has 1 N–H and O–H groups in total. The van der Waals surface area contributed by atoms with Gasteiger partial charge in [-0.1, -0.05) is 0 Å². The van der Waals surface area contributed by atoms with Crippen LogP contribution in [0.1, 0.15) is 40.1 Å². The number of carbonyl (C=O) groups excluding carboxylic acids is 1. The van der Waals surface area contributed by atoms with E-state index in [0.29, 0.717) is 17.9 Å². The van der Waals surface area contributed by atoms with Crippen LogP contribution >= 0.6 is 11.3 Å². The number of ether oxygens (including phenoxy) is 1. The summed E-state index contributed by atoms with van der Waals surface area (Å²) in [7, 11) is 1.94. The topological polar surface area (TPSA) is 70.3 Å². The molecule has 1 aliphatic rings. The molecule has 0 saturated carbocycles. The number of aryl methyl sites for hydroxylation is 1. The number of carbonyl (C=O) groups is 1. The number of amides is 1. The van der Waals surface area contributed by atoms with Crippen molar-refractivity contribution in [2.45, 2.75) is 52.8 Å². The zero-order chi connectivity index (χ0) is 20.3. The number of nitrogens with zero attached hydrogens (tertiary/aromatic N) is 3. The zero-order valence-electron chi connectivity index (χ0n) is 17.0. The second-order valence-electron chi connectivity index (χ2n) is 7.54. The Morgan fingerprint density at radius 1 is 1.46 bits per heavy atom. The Bertz CT molecular complexity index is 887. The summed E-state index contributed by atoms with van der Waals surface area (Å²) in [4.78, 5) is 16.0. The number of thiophene rings is 1. The summed E-state index contributed by atoms with van der Waals surface area (Å²) in [5, 5.41) is 14.7. The molecule has 0 aliphatic carbocycles. The molecule has 150 valence electrons. The third kappa shape index (κ3) is 4.46. The summed E-state index contributed by atoms with van der Waals surface area (Å²) in [5.74, 6) is 0.484. The number of nitriles is 1. The Kier molecular flexibility index (Phi) is 6.55. The van der Waals surface area contributed by atoms with Gasteiger partial charge < -0.3 is 14.6 Å². The predicted octanol–water partition coefficient (Wildman–Crippen LogP) is 3.60. The van der Waals surface area contributed by atoms with Crippen molar-refractivity contribution < 1.29 is 9.53 Å². The first kappa shape index (κ1) is 20.6. The molecule has 0 unspecified atom stereocenters. The molecule has 2 aromatic heterocycles. The van der Waals surface area contributed by atoms with Gasteiger partial charge in [0.2, 0.25) is 5.91 Å². The van der Waals surface area contributed by atoms with Gasteiger partial charge in [0.25, 0.3) is 0 Å². The molecule has 1 atom stereocenters. The minimum absolute atomic E-state index is 0.112. The lowest BCUT2D eigenvalue weighted by molar-refractivity contribution is -0.117. The summed E-state index contributed by atoms with van der Waals surface area (Å²) in [6, 6.07) is 4.36. The van der Waals surface area contributed by atoms with Crippen molar-refractivity contribution in [2.75, 3.05) is 25.5 Å². The van der Waals surface area contributed by atoms with Crippen LogP contribution < -0.4 is 5.32 Å². The SMILES string of the molecule is Cc1ccsc1CN(C)CC(=O)Nc1c(C#N)c(C)c(C)n1C[C@H]1CCCO1. The molecule has 1 aliphatic heterocycles. The number of hydrogen-bond donors (Lipinski definition) is 1. The molecular formula is C21H28N4O2S. The van der Waals surface area contributed by atoms with Crippen LogP contribution in [0.5, 0.6) is 0 Å². The fraction of sp³-hybridized carbons (Fsp3) is 0.524. The van der Waals surface area contributed by atoms with Gasteiger partial charge in [0.1, 0.15) is 11.9 Å². The Hall–Kier alpha value is -2.14. The van der Waals surface area contributed by atoms with E-state index in [1.54, 1.807) is 11.3 Å². The van der Waals surface area contributed by atoms with Crippen molar-refractivity contribution >= 4 is 23.1 Å². The molecule has 0 radical (unpaired) electrons. The summed E-state index contributed by atoms with van der Waals surface area (Å²) < 4.78 is 7.80. The summed E-state index contributed by atoms with van der Waals surface area (Å²) >= 11 is 1.71. The van der Waals surface area contributed by atoms with Gasteiger partial charge in [-0.15, -0.1) is 11.3 Å². The largest absolute Gasteiger partial charge is 0.376 e. The van der Waals surface area contributed by atoms with Crippen LogP contribution in [0.25, 0.3) is 0 Å². The second kappa shape index (κ2) is 8.91. The van der Waals surface area contributed by atoms with Crippen molar-refractivity contribution in [2.24, 2.45) is 0 Å². The van der Waals surface area contributed by atoms with Crippen LogP contribution in [0.2, 0.25) is 0 Å². The second-order valence-corrected chi connectivity index (χ2v) is 8.54. The molecule has 0 spiro atoms. The number of nitrogens with one attached hydrogen (secondary N) is 1. The molecule has 1 saturated heterocycles. The first-order valence-corrected chi connectivity index (χ1v) is 10.5. The maximum absolute atomic E-state index is 12.7. The van der Waals surface area contributed by atoms with Crippen LogP contribution in [0, 0.1) is 32.1 Å². The molecule has 2 aromatic rings. The van der Waals surface area contributed by atoms with E-state index in [1.165, 1.54) is 10.4 Å². The molecule has 1 fully saturated rings. The van der Waals surface area contributed by atoms with Crippen molar-refractivity contribution in [3.05, 3.63) is 38.7 Å². The van der Waals surface area contributed by atoms with Gasteiger partial charge in [0.15, 0.2) is 0 Å². The lowest BCUT2D eigenvalue weighted by atomic mass is 10.2.